The highest BCUT2D eigenvalue weighted by Crippen LogP contribution is 1.99. The predicted octanol–water partition coefficient (Wildman–Crippen LogP) is -1.52. The van der Waals surface area contributed by atoms with Gasteiger partial charge in [0.1, 0.15) is 6.04 Å². The van der Waals surface area contributed by atoms with Crippen LogP contribution in [0.3, 0.4) is 0 Å². The molecular formula is C9H13N5O3. The average molecular weight is 239 g/mol. The van der Waals surface area contributed by atoms with Gasteiger partial charge in [-0.15, -0.1) is 0 Å². The molecule has 92 valence electrons. The Kier molecular flexibility index (Phi) is 4.35. The van der Waals surface area contributed by atoms with Gasteiger partial charge in [0, 0.05) is 24.5 Å². The summed E-state index contributed by atoms with van der Waals surface area (Å²) in [6, 6.07) is -1.02. The molecule has 0 aromatic carbocycles. The fourth-order valence-electron chi connectivity index (χ4n) is 1.15. The Morgan fingerprint density at radius 2 is 2.00 bits per heavy atom. The minimum absolute atomic E-state index is 0.140. The molecule has 1 amide bonds. The van der Waals surface area contributed by atoms with E-state index >= 15 is 0 Å². The van der Waals surface area contributed by atoms with E-state index in [0.29, 0.717) is 5.56 Å². The normalized spacial score (nSPS) is 12.0. The molecule has 1 rings (SSSR count). The molecule has 0 bridgehead atoms. The Bertz CT molecular complexity index is 406. The summed E-state index contributed by atoms with van der Waals surface area (Å²) in [7, 11) is 0. The number of carbonyl (C=O) groups excluding carboxylic acids is 1. The maximum atomic E-state index is 10.8. The van der Waals surface area contributed by atoms with Gasteiger partial charge in [-0.2, -0.15) is 0 Å². The summed E-state index contributed by atoms with van der Waals surface area (Å²) in [6.07, 6.45) is 2.67. The Balaban J connectivity index is 2.54. The van der Waals surface area contributed by atoms with Gasteiger partial charge >= 0.3 is 5.97 Å². The topological polar surface area (TPSA) is 144 Å². The molecule has 0 spiro atoms. The second-order valence-electron chi connectivity index (χ2n) is 3.39. The van der Waals surface area contributed by atoms with Crippen molar-refractivity contribution in [3.05, 3.63) is 18.0 Å². The number of aliphatic carboxylic acids is 1. The van der Waals surface area contributed by atoms with E-state index in [2.05, 4.69) is 15.3 Å². The Hall–Kier alpha value is -2.22. The van der Waals surface area contributed by atoms with E-state index in [4.69, 9.17) is 16.6 Å². The number of primary amides is 1. The third-order valence-corrected chi connectivity index (χ3v) is 1.98. The summed E-state index contributed by atoms with van der Waals surface area (Å²) in [5, 5.41) is 11.5. The van der Waals surface area contributed by atoms with Crippen LogP contribution in [0.15, 0.2) is 12.4 Å². The molecule has 1 aromatic heterocycles. The number of carboxylic acids is 1. The molecule has 0 saturated carbocycles. The van der Waals surface area contributed by atoms with Gasteiger partial charge in [0.15, 0.2) is 0 Å². The molecule has 0 unspecified atom stereocenters. The molecule has 0 fully saturated rings. The van der Waals surface area contributed by atoms with Crippen molar-refractivity contribution in [1.29, 1.82) is 0 Å². The minimum Gasteiger partial charge on any atom is -0.480 e. The number of hydrogen-bond acceptors (Lipinski definition) is 6. The van der Waals surface area contributed by atoms with Gasteiger partial charge in [0.25, 0.3) is 0 Å². The number of amides is 1. The van der Waals surface area contributed by atoms with E-state index in [9.17, 15) is 9.59 Å². The Morgan fingerprint density at radius 3 is 2.47 bits per heavy atom. The Labute approximate surface area is 97.0 Å². The minimum atomic E-state index is -1.14. The van der Waals surface area contributed by atoms with E-state index < -0.39 is 17.9 Å². The molecule has 0 radical (unpaired) electrons. The molecular weight excluding hydrogens is 226 g/mol. The van der Waals surface area contributed by atoms with E-state index in [1.165, 1.54) is 12.4 Å². The fraction of sp³-hybridized carbons (Fsp3) is 0.333. The number of carboxylic acid groups (broad SMARTS) is 1. The number of anilines is 1. The molecule has 6 N–H and O–H groups in total. The van der Waals surface area contributed by atoms with Crippen molar-refractivity contribution in [1.82, 2.24) is 15.3 Å². The van der Waals surface area contributed by atoms with Crippen molar-refractivity contribution in [3.63, 3.8) is 0 Å². The van der Waals surface area contributed by atoms with E-state index in [0.717, 1.165) is 0 Å². The fourth-order valence-corrected chi connectivity index (χ4v) is 1.15. The number of carbonyl (C=O) groups is 2. The van der Waals surface area contributed by atoms with Crippen molar-refractivity contribution in [2.45, 2.75) is 19.0 Å². The third-order valence-electron chi connectivity index (χ3n) is 1.98. The van der Waals surface area contributed by atoms with Crippen LogP contribution in [0, 0.1) is 0 Å². The van der Waals surface area contributed by atoms with Gasteiger partial charge in [-0.1, -0.05) is 0 Å². The standard InChI is InChI=1S/C9H13N5O3/c10-7(15)1-6(8(16)17)12-2-5-3-13-9(11)14-4-5/h3-4,6,12H,1-2H2,(H2,10,15)(H,16,17)(H2,11,13,14)/t6-/m1/s1. The molecule has 1 atom stereocenters. The maximum Gasteiger partial charge on any atom is 0.321 e. The molecule has 8 heteroatoms. The van der Waals surface area contributed by atoms with Gasteiger partial charge in [0.2, 0.25) is 11.9 Å². The lowest BCUT2D eigenvalue weighted by Gasteiger charge is -2.12. The third kappa shape index (κ3) is 4.43. The molecule has 0 saturated heterocycles. The van der Waals surface area contributed by atoms with E-state index in [1.807, 2.05) is 0 Å². The van der Waals surface area contributed by atoms with Crippen LogP contribution in [0.25, 0.3) is 0 Å². The van der Waals surface area contributed by atoms with Gasteiger partial charge in [-0.3, -0.25) is 14.9 Å². The highest BCUT2D eigenvalue weighted by Gasteiger charge is 2.19. The largest absolute Gasteiger partial charge is 0.480 e. The maximum absolute atomic E-state index is 10.8. The zero-order valence-electron chi connectivity index (χ0n) is 8.96. The van der Waals surface area contributed by atoms with E-state index in [-0.39, 0.29) is 18.9 Å². The Morgan fingerprint density at radius 1 is 1.41 bits per heavy atom. The summed E-state index contributed by atoms with van der Waals surface area (Å²) >= 11 is 0. The highest BCUT2D eigenvalue weighted by atomic mass is 16.4. The molecule has 0 aliphatic heterocycles. The zero-order valence-corrected chi connectivity index (χ0v) is 8.96. The first-order valence-corrected chi connectivity index (χ1v) is 4.80. The zero-order chi connectivity index (χ0) is 12.8. The number of nitrogen functional groups attached to an aromatic ring is 1. The van der Waals surface area contributed by atoms with Crippen molar-refractivity contribution in [2.24, 2.45) is 5.73 Å². The first-order valence-electron chi connectivity index (χ1n) is 4.80. The summed E-state index contributed by atoms with van der Waals surface area (Å²) < 4.78 is 0. The van der Waals surface area contributed by atoms with Crippen molar-refractivity contribution in [3.8, 4) is 0 Å². The number of nitrogens with zero attached hydrogens (tertiary/aromatic N) is 2. The summed E-state index contributed by atoms with van der Waals surface area (Å²) in [5.74, 6) is -1.68. The lowest BCUT2D eigenvalue weighted by Crippen LogP contribution is -2.39. The predicted molar refractivity (Wildman–Crippen MR) is 58.5 cm³/mol. The lowest BCUT2D eigenvalue weighted by atomic mass is 10.2. The number of rotatable bonds is 6. The first-order chi connectivity index (χ1) is 7.99. The number of nitrogens with two attached hydrogens (primary N) is 2. The number of nitrogens with one attached hydrogen (secondary N) is 1. The van der Waals surface area contributed by atoms with Crippen molar-refractivity contribution < 1.29 is 14.7 Å². The molecule has 8 nitrogen and oxygen atoms in total. The van der Waals surface area contributed by atoms with Crippen LogP contribution in [0.4, 0.5) is 5.95 Å². The van der Waals surface area contributed by atoms with Crippen molar-refractivity contribution in [2.75, 3.05) is 5.73 Å². The summed E-state index contributed by atoms with van der Waals surface area (Å²) in [6.45, 7) is 0.213. The van der Waals surface area contributed by atoms with Crippen LogP contribution in [-0.2, 0) is 16.1 Å². The molecule has 1 heterocycles. The van der Waals surface area contributed by atoms with Gasteiger partial charge in [0.05, 0.1) is 6.42 Å². The summed E-state index contributed by atoms with van der Waals surface area (Å²) in [4.78, 5) is 28.9. The van der Waals surface area contributed by atoms with Gasteiger partial charge in [-0.25, -0.2) is 9.97 Å². The van der Waals surface area contributed by atoms with Crippen LogP contribution < -0.4 is 16.8 Å². The number of hydrogen-bond donors (Lipinski definition) is 4. The SMILES string of the molecule is NC(=O)C[C@@H](NCc1cnc(N)nc1)C(=O)O. The molecule has 1 aromatic rings. The second kappa shape index (κ2) is 5.75. The smallest absolute Gasteiger partial charge is 0.321 e. The highest BCUT2D eigenvalue weighted by molar-refractivity contribution is 5.83. The molecule has 0 aliphatic carbocycles. The van der Waals surface area contributed by atoms with Gasteiger partial charge in [-0.05, 0) is 0 Å². The van der Waals surface area contributed by atoms with Crippen LogP contribution in [0.2, 0.25) is 0 Å². The van der Waals surface area contributed by atoms with Crippen LogP contribution in [0.5, 0.6) is 0 Å². The lowest BCUT2D eigenvalue weighted by molar-refractivity contribution is -0.141. The second-order valence-corrected chi connectivity index (χ2v) is 3.39. The quantitative estimate of drug-likeness (QED) is 0.471. The molecule has 0 aliphatic rings. The van der Waals surface area contributed by atoms with Crippen LogP contribution in [0.1, 0.15) is 12.0 Å². The van der Waals surface area contributed by atoms with Crippen molar-refractivity contribution >= 4 is 17.8 Å². The monoisotopic (exact) mass is 239 g/mol. The number of aromatic nitrogens is 2. The van der Waals surface area contributed by atoms with Crippen LogP contribution >= 0.6 is 0 Å². The summed E-state index contributed by atoms with van der Waals surface area (Å²) in [5.41, 5.74) is 10.9. The van der Waals surface area contributed by atoms with Gasteiger partial charge < -0.3 is 16.6 Å². The average Bonchev–Trinajstić information content (AvgIpc) is 2.25. The van der Waals surface area contributed by atoms with E-state index in [1.54, 1.807) is 0 Å². The molecule has 17 heavy (non-hydrogen) atoms. The van der Waals surface area contributed by atoms with Crippen LogP contribution in [-0.4, -0.2) is 33.0 Å². The first kappa shape index (κ1) is 12.8.